The van der Waals surface area contributed by atoms with E-state index in [1.807, 2.05) is 0 Å². The van der Waals surface area contributed by atoms with E-state index in [2.05, 4.69) is 77.7 Å². The first-order chi connectivity index (χ1) is 10.2. The van der Waals surface area contributed by atoms with Crippen molar-refractivity contribution in [2.75, 3.05) is 20.1 Å². The summed E-state index contributed by atoms with van der Waals surface area (Å²) in [5, 5.41) is 3.41. The van der Waals surface area contributed by atoms with Gasteiger partial charge in [0, 0.05) is 20.1 Å². The van der Waals surface area contributed by atoms with Gasteiger partial charge in [0.05, 0.1) is 6.54 Å². The normalized spacial score (nSPS) is 13.5. The molecule has 0 unspecified atom stereocenters. The van der Waals surface area contributed by atoms with Crippen LogP contribution in [0.2, 0.25) is 0 Å². The fourth-order valence-corrected chi connectivity index (χ4v) is 2.68. The van der Waals surface area contributed by atoms with Gasteiger partial charge in [0.2, 0.25) is 0 Å². The van der Waals surface area contributed by atoms with Gasteiger partial charge in [0.15, 0.2) is 5.96 Å². The van der Waals surface area contributed by atoms with Gasteiger partial charge in [-0.25, -0.2) is 0 Å². The third-order valence-corrected chi connectivity index (χ3v) is 3.88. The summed E-state index contributed by atoms with van der Waals surface area (Å²) >= 11 is 0. The van der Waals surface area contributed by atoms with Crippen LogP contribution in [0.1, 0.15) is 11.1 Å². The molecule has 0 spiro atoms. The molecule has 1 N–H and O–H groups in total. The molecule has 0 bridgehead atoms. The Morgan fingerprint density at radius 3 is 2.55 bits per heavy atom. The predicted molar refractivity (Wildman–Crippen MR) is 104 cm³/mol. The van der Waals surface area contributed by atoms with Crippen molar-refractivity contribution in [3.05, 3.63) is 59.7 Å². The van der Waals surface area contributed by atoms with Gasteiger partial charge in [-0.15, -0.1) is 24.0 Å². The molecule has 0 atom stereocenters. The average molecular weight is 407 g/mol. The Hall–Kier alpha value is -1.56. The molecule has 0 saturated heterocycles. The number of aliphatic imine (C=N–C) groups is 1. The number of halogens is 1. The van der Waals surface area contributed by atoms with Gasteiger partial charge in [0.25, 0.3) is 0 Å². The lowest BCUT2D eigenvalue weighted by atomic mass is 9.98. The Morgan fingerprint density at radius 1 is 1.14 bits per heavy atom. The van der Waals surface area contributed by atoms with Crippen LogP contribution in [0.3, 0.4) is 0 Å². The lowest BCUT2D eigenvalue weighted by Gasteiger charge is -2.16. The van der Waals surface area contributed by atoms with Crippen molar-refractivity contribution in [1.29, 1.82) is 0 Å². The van der Waals surface area contributed by atoms with Crippen molar-refractivity contribution in [2.24, 2.45) is 4.99 Å². The van der Waals surface area contributed by atoms with Crippen molar-refractivity contribution >= 4 is 29.9 Å². The Labute approximate surface area is 149 Å². The van der Waals surface area contributed by atoms with Crippen LogP contribution >= 0.6 is 24.0 Å². The first kappa shape index (κ1) is 16.8. The van der Waals surface area contributed by atoms with Gasteiger partial charge in [-0.05, 0) is 29.2 Å². The van der Waals surface area contributed by atoms with Crippen molar-refractivity contribution in [3.63, 3.8) is 0 Å². The predicted octanol–water partition coefficient (Wildman–Crippen LogP) is 3.67. The molecule has 3 rings (SSSR count). The summed E-state index contributed by atoms with van der Waals surface area (Å²) in [5.41, 5.74) is 5.17. The number of benzene rings is 2. The number of hydrogen-bond donors (Lipinski definition) is 1. The zero-order valence-electron chi connectivity index (χ0n) is 13.0. The summed E-state index contributed by atoms with van der Waals surface area (Å²) < 4.78 is 0. The van der Waals surface area contributed by atoms with Crippen LogP contribution in [0.15, 0.2) is 53.5 Å². The van der Waals surface area contributed by atoms with Crippen LogP contribution in [0, 0.1) is 6.92 Å². The molecule has 0 radical (unpaired) electrons. The minimum atomic E-state index is 0. The summed E-state index contributed by atoms with van der Waals surface area (Å²) in [6.45, 7) is 4.89. The van der Waals surface area contributed by atoms with Crippen molar-refractivity contribution in [3.8, 4) is 11.1 Å². The maximum Gasteiger partial charge on any atom is 0.194 e. The van der Waals surface area contributed by atoms with Crippen LogP contribution in [-0.2, 0) is 6.54 Å². The molecule has 22 heavy (non-hydrogen) atoms. The third kappa shape index (κ3) is 3.80. The highest BCUT2D eigenvalue weighted by Gasteiger charge is 2.11. The van der Waals surface area contributed by atoms with Crippen molar-refractivity contribution in [1.82, 2.24) is 10.2 Å². The average Bonchev–Trinajstić information content (AvgIpc) is 2.91. The molecule has 3 nitrogen and oxygen atoms in total. The molecule has 2 aromatic carbocycles. The van der Waals surface area contributed by atoms with Gasteiger partial charge in [-0.3, -0.25) is 4.99 Å². The van der Waals surface area contributed by atoms with Crippen molar-refractivity contribution < 1.29 is 0 Å². The highest BCUT2D eigenvalue weighted by atomic mass is 127. The second-order valence-corrected chi connectivity index (χ2v) is 5.50. The Kier molecular flexibility index (Phi) is 5.83. The van der Waals surface area contributed by atoms with Crippen LogP contribution in [0.4, 0.5) is 0 Å². The van der Waals surface area contributed by atoms with Gasteiger partial charge in [-0.1, -0.05) is 48.5 Å². The fourth-order valence-electron chi connectivity index (χ4n) is 2.68. The lowest BCUT2D eigenvalue weighted by Crippen LogP contribution is -2.35. The molecule has 1 aliphatic rings. The number of nitrogens with one attached hydrogen (secondary N) is 1. The summed E-state index contributed by atoms with van der Waals surface area (Å²) in [6, 6.07) is 17.2. The second kappa shape index (κ2) is 7.63. The first-order valence-corrected chi connectivity index (χ1v) is 7.38. The molecule has 116 valence electrons. The number of nitrogens with zero attached hydrogens (tertiary/aromatic N) is 2. The van der Waals surface area contributed by atoms with Gasteiger partial charge >= 0.3 is 0 Å². The van der Waals surface area contributed by atoms with E-state index in [9.17, 15) is 0 Å². The van der Waals surface area contributed by atoms with Crippen LogP contribution in [0.25, 0.3) is 11.1 Å². The summed E-state index contributed by atoms with van der Waals surface area (Å²) in [5.74, 6) is 1.000. The van der Waals surface area contributed by atoms with Crippen LogP contribution < -0.4 is 5.32 Å². The van der Waals surface area contributed by atoms with Crippen molar-refractivity contribution in [2.45, 2.75) is 13.5 Å². The number of rotatable bonds is 3. The molecule has 0 aliphatic carbocycles. The molecule has 1 aliphatic heterocycles. The Bertz CT molecular complexity index is 653. The number of aryl methyl sites for hydroxylation is 1. The fraction of sp³-hybridized carbons (Fsp3) is 0.278. The standard InChI is InChI=1S/C18H21N3.HI/c1-14-12-15(13-20-18-19-10-11-21(18)2)8-9-17(14)16-6-4-3-5-7-16;/h3-9,12H,10-11,13H2,1-2H3,(H,19,20);1H. The monoisotopic (exact) mass is 407 g/mol. The van der Waals surface area contributed by atoms with E-state index in [0.717, 1.165) is 25.6 Å². The summed E-state index contributed by atoms with van der Waals surface area (Å²) in [6.07, 6.45) is 0. The Balaban J connectivity index is 0.00000176. The van der Waals surface area contributed by atoms with E-state index in [1.54, 1.807) is 0 Å². The Morgan fingerprint density at radius 2 is 1.91 bits per heavy atom. The molecule has 1 heterocycles. The lowest BCUT2D eigenvalue weighted by molar-refractivity contribution is 0.534. The van der Waals surface area contributed by atoms with Crippen LogP contribution in [-0.4, -0.2) is 31.0 Å². The minimum Gasteiger partial charge on any atom is -0.352 e. The number of guanidine groups is 1. The molecule has 0 amide bonds. The van der Waals surface area contributed by atoms with Gasteiger partial charge in [-0.2, -0.15) is 0 Å². The smallest absolute Gasteiger partial charge is 0.194 e. The maximum atomic E-state index is 4.45. The minimum absolute atomic E-state index is 0. The van der Waals surface area contributed by atoms with Gasteiger partial charge in [0.1, 0.15) is 0 Å². The molecular weight excluding hydrogens is 385 g/mol. The summed E-state index contributed by atoms with van der Waals surface area (Å²) in [4.78, 5) is 6.61. The number of likely N-dealkylation sites (N-methyl/N-ethyl adjacent to an activating group) is 1. The van der Waals surface area contributed by atoms with E-state index >= 15 is 0 Å². The van der Waals surface area contributed by atoms with E-state index in [0.29, 0.717) is 0 Å². The molecular formula is C18H22IN3. The zero-order valence-corrected chi connectivity index (χ0v) is 15.4. The van der Waals surface area contributed by atoms with Crippen LogP contribution in [0.5, 0.6) is 0 Å². The zero-order chi connectivity index (χ0) is 14.7. The van der Waals surface area contributed by atoms with E-state index in [4.69, 9.17) is 0 Å². The number of hydrogen-bond acceptors (Lipinski definition) is 3. The van der Waals surface area contributed by atoms with E-state index < -0.39 is 0 Å². The molecule has 0 saturated carbocycles. The highest BCUT2D eigenvalue weighted by molar-refractivity contribution is 14.0. The molecule has 0 aromatic heterocycles. The molecule has 0 fully saturated rings. The molecule has 4 heteroatoms. The quantitative estimate of drug-likeness (QED) is 0.787. The topological polar surface area (TPSA) is 27.6 Å². The van der Waals surface area contributed by atoms with Gasteiger partial charge < -0.3 is 10.2 Å². The maximum absolute atomic E-state index is 4.45. The van der Waals surface area contributed by atoms with E-state index in [-0.39, 0.29) is 24.0 Å². The van der Waals surface area contributed by atoms with E-state index in [1.165, 1.54) is 22.3 Å². The largest absolute Gasteiger partial charge is 0.352 e. The highest BCUT2D eigenvalue weighted by Crippen LogP contribution is 2.23. The second-order valence-electron chi connectivity index (χ2n) is 5.50. The summed E-state index contributed by atoms with van der Waals surface area (Å²) in [7, 11) is 2.07. The third-order valence-electron chi connectivity index (χ3n) is 3.88. The first-order valence-electron chi connectivity index (χ1n) is 7.38. The SMILES string of the molecule is Cc1cc(CNC2=NCCN2C)ccc1-c1ccccc1.I. The molecule has 2 aromatic rings.